The highest BCUT2D eigenvalue weighted by Gasteiger charge is 1.96. The number of nitrogens with two attached hydrogens (primary N) is 1. The Hall–Kier alpha value is -1.79. The molecule has 1 aromatic rings. The van der Waals surface area contributed by atoms with Gasteiger partial charge in [-0.15, -0.1) is 0 Å². The lowest BCUT2D eigenvalue weighted by molar-refractivity contribution is -0.139. The van der Waals surface area contributed by atoms with Crippen molar-refractivity contribution in [2.45, 2.75) is 13.0 Å². The van der Waals surface area contributed by atoms with Crippen LogP contribution in [-0.4, -0.2) is 13.1 Å². The quantitative estimate of drug-likeness (QED) is 0.577. The first-order valence-corrected chi connectivity index (χ1v) is 4.61. The summed E-state index contributed by atoms with van der Waals surface area (Å²) in [5.74, 6) is 5.32. The Balaban J connectivity index is 2.75. The maximum atomic E-state index is 10.8. The molecule has 3 heteroatoms. The number of rotatable bonds is 2. The van der Waals surface area contributed by atoms with Crippen molar-refractivity contribution in [3.63, 3.8) is 0 Å². The summed E-state index contributed by atoms with van der Waals surface area (Å²) in [7, 11) is 1.35. The normalized spacial score (nSPS) is 8.93. The number of carbonyl (C=O) groups is 1. The van der Waals surface area contributed by atoms with E-state index in [2.05, 4.69) is 16.6 Å². The maximum Gasteiger partial charge on any atom is 0.317 e. The third kappa shape index (κ3) is 3.45. The van der Waals surface area contributed by atoms with E-state index in [4.69, 9.17) is 5.73 Å². The van der Waals surface area contributed by atoms with E-state index < -0.39 is 0 Å². The summed E-state index contributed by atoms with van der Waals surface area (Å²) in [6, 6.07) is 7.60. The first-order chi connectivity index (χ1) is 7.27. The van der Waals surface area contributed by atoms with Gasteiger partial charge in [0.1, 0.15) is 6.42 Å². The minimum atomic E-state index is -0.326. The predicted molar refractivity (Wildman–Crippen MR) is 57.8 cm³/mol. The average Bonchev–Trinajstić information content (AvgIpc) is 2.29. The molecule has 0 heterocycles. The van der Waals surface area contributed by atoms with Crippen LogP contribution >= 0.6 is 0 Å². The first-order valence-electron chi connectivity index (χ1n) is 4.61. The predicted octanol–water partition coefficient (Wildman–Crippen LogP) is 1.06. The Labute approximate surface area is 89.2 Å². The smallest absolute Gasteiger partial charge is 0.317 e. The number of carbonyl (C=O) groups excluding carboxylic acids is 1. The summed E-state index contributed by atoms with van der Waals surface area (Å²) in [4.78, 5) is 10.8. The van der Waals surface area contributed by atoms with Gasteiger partial charge < -0.3 is 10.5 Å². The summed E-state index contributed by atoms with van der Waals surface area (Å²) in [6.45, 7) is 0.447. The van der Waals surface area contributed by atoms with E-state index in [1.54, 1.807) is 0 Å². The van der Waals surface area contributed by atoms with Crippen molar-refractivity contribution in [3.8, 4) is 11.8 Å². The molecule has 0 saturated carbocycles. The zero-order chi connectivity index (χ0) is 11.1. The van der Waals surface area contributed by atoms with Gasteiger partial charge in [-0.1, -0.05) is 30.0 Å². The number of ether oxygens (including phenoxy) is 1. The van der Waals surface area contributed by atoms with Crippen molar-refractivity contribution in [2.75, 3.05) is 7.11 Å². The van der Waals surface area contributed by atoms with E-state index in [0.29, 0.717) is 6.54 Å². The highest BCUT2D eigenvalue weighted by atomic mass is 16.5. The fraction of sp³-hybridized carbons (Fsp3) is 0.250. The second kappa shape index (κ2) is 5.84. The van der Waals surface area contributed by atoms with Gasteiger partial charge in [0.05, 0.1) is 7.11 Å². The van der Waals surface area contributed by atoms with Crippen LogP contribution in [0.2, 0.25) is 0 Å². The van der Waals surface area contributed by atoms with E-state index in [9.17, 15) is 4.79 Å². The van der Waals surface area contributed by atoms with Gasteiger partial charge in [0, 0.05) is 12.1 Å². The maximum absolute atomic E-state index is 10.8. The van der Waals surface area contributed by atoms with Gasteiger partial charge in [-0.3, -0.25) is 4.79 Å². The fourth-order valence-corrected chi connectivity index (χ4v) is 1.10. The summed E-state index contributed by atoms with van der Waals surface area (Å²) >= 11 is 0. The minimum absolute atomic E-state index is 0.107. The lowest BCUT2D eigenvalue weighted by Gasteiger charge is -1.98. The Bertz CT molecular complexity index is 402. The molecular formula is C12H13NO2. The largest absolute Gasteiger partial charge is 0.468 e. The second-order valence-electron chi connectivity index (χ2n) is 2.92. The molecule has 0 aliphatic carbocycles. The third-order valence-electron chi connectivity index (χ3n) is 1.92. The number of hydrogen-bond donors (Lipinski definition) is 1. The van der Waals surface area contributed by atoms with Crippen molar-refractivity contribution in [1.82, 2.24) is 0 Å². The van der Waals surface area contributed by atoms with Crippen LogP contribution in [0.4, 0.5) is 0 Å². The van der Waals surface area contributed by atoms with E-state index in [-0.39, 0.29) is 12.4 Å². The average molecular weight is 203 g/mol. The lowest BCUT2D eigenvalue weighted by atomic mass is 10.1. The zero-order valence-electron chi connectivity index (χ0n) is 8.62. The van der Waals surface area contributed by atoms with Crippen LogP contribution in [0.25, 0.3) is 0 Å². The van der Waals surface area contributed by atoms with Crippen LogP contribution < -0.4 is 5.73 Å². The van der Waals surface area contributed by atoms with Gasteiger partial charge in [0.2, 0.25) is 0 Å². The van der Waals surface area contributed by atoms with Crippen LogP contribution in [0.1, 0.15) is 17.5 Å². The fourth-order valence-electron chi connectivity index (χ4n) is 1.10. The molecule has 0 spiro atoms. The zero-order valence-corrected chi connectivity index (χ0v) is 8.62. The molecule has 0 aromatic heterocycles. The molecule has 2 N–H and O–H groups in total. The van der Waals surface area contributed by atoms with E-state index in [1.165, 1.54) is 7.11 Å². The molecule has 0 bridgehead atoms. The van der Waals surface area contributed by atoms with Crippen LogP contribution in [0.15, 0.2) is 24.3 Å². The molecule has 0 aliphatic heterocycles. The van der Waals surface area contributed by atoms with Gasteiger partial charge in [-0.2, -0.15) is 0 Å². The molecule has 0 radical (unpaired) electrons. The molecule has 0 aliphatic rings. The van der Waals surface area contributed by atoms with Crippen LogP contribution in [0.3, 0.4) is 0 Å². The molecule has 0 unspecified atom stereocenters. The monoisotopic (exact) mass is 203 g/mol. The second-order valence-corrected chi connectivity index (χ2v) is 2.92. The summed E-state index contributed by atoms with van der Waals surface area (Å²) < 4.78 is 4.48. The SMILES string of the molecule is COC(=O)CC#Cc1ccccc1CN. The molecule has 78 valence electrons. The van der Waals surface area contributed by atoms with Crippen LogP contribution in [0.5, 0.6) is 0 Å². The molecular weight excluding hydrogens is 190 g/mol. The lowest BCUT2D eigenvalue weighted by Crippen LogP contribution is -1.99. The minimum Gasteiger partial charge on any atom is -0.468 e. The summed E-state index contributed by atoms with van der Waals surface area (Å²) in [6.07, 6.45) is 0.107. The Morgan fingerprint density at radius 2 is 2.20 bits per heavy atom. The number of esters is 1. The van der Waals surface area contributed by atoms with E-state index in [0.717, 1.165) is 11.1 Å². The Morgan fingerprint density at radius 3 is 2.87 bits per heavy atom. The highest BCUT2D eigenvalue weighted by molar-refractivity contribution is 5.72. The molecule has 0 fully saturated rings. The Morgan fingerprint density at radius 1 is 1.47 bits per heavy atom. The molecule has 15 heavy (non-hydrogen) atoms. The number of methoxy groups -OCH3 is 1. The van der Waals surface area contributed by atoms with Gasteiger partial charge in [0.25, 0.3) is 0 Å². The van der Waals surface area contributed by atoms with Crippen LogP contribution in [0, 0.1) is 11.8 Å². The third-order valence-corrected chi connectivity index (χ3v) is 1.92. The van der Waals surface area contributed by atoms with E-state index >= 15 is 0 Å². The van der Waals surface area contributed by atoms with Gasteiger partial charge >= 0.3 is 5.97 Å². The molecule has 1 aromatic carbocycles. The van der Waals surface area contributed by atoms with Crippen molar-refractivity contribution in [1.29, 1.82) is 0 Å². The van der Waals surface area contributed by atoms with Gasteiger partial charge in [0.15, 0.2) is 0 Å². The molecule has 0 atom stereocenters. The highest BCUT2D eigenvalue weighted by Crippen LogP contribution is 2.05. The van der Waals surface area contributed by atoms with Gasteiger partial charge in [-0.25, -0.2) is 0 Å². The molecule has 1 rings (SSSR count). The Kier molecular flexibility index (Phi) is 4.39. The van der Waals surface area contributed by atoms with Gasteiger partial charge in [-0.05, 0) is 11.6 Å². The molecule has 0 amide bonds. The first kappa shape index (κ1) is 11.3. The molecule has 0 saturated heterocycles. The topological polar surface area (TPSA) is 52.3 Å². The number of benzene rings is 1. The number of hydrogen-bond acceptors (Lipinski definition) is 3. The van der Waals surface area contributed by atoms with Crippen LogP contribution in [-0.2, 0) is 16.1 Å². The summed E-state index contributed by atoms with van der Waals surface area (Å²) in [5, 5.41) is 0. The summed E-state index contributed by atoms with van der Waals surface area (Å²) in [5.41, 5.74) is 7.40. The standard InChI is InChI=1S/C12H13NO2/c1-15-12(14)8-4-7-10-5-2-3-6-11(10)9-13/h2-3,5-6H,8-9,13H2,1H3. The molecule has 3 nitrogen and oxygen atoms in total. The van der Waals surface area contributed by atoms with Crippen molar-refractivity contribution < 1.29 is 9.53 Å². The van der Waals surface area contributed by atoms with E-state index in [1.807, 2.05) is 24.3 Å². The van der Waals surface area contributed by atoms with Crippen molar-refractivity contribution in [3.05, 3.63) is 35.4 Å². The van der Waals surface area contributed by atoms with Crippen molar-refractivity contribution >= 4 is 5.97 Å². The van der Waals surface area contributed by atoms with Crippen molar-refractivity contribution in [2.24, 2.45) is 5.73 Å².